The van der Waals surface area contributed by atoms with E-state index in [0.29, 0.717) is 17.2 Å². The molecule has 0 bridgehead atoms. The molecule has 1 aliphatic rings. The maximum Gasteiger partial charge on any atom is 0.189 e. The zero-order chi connectivity index (χ0) is 13.9. The zero-order valence-electron chi connectivity index (χ0n) is 11.6. The first-order valence-electron chi connectivity index (χ1n) is 6.99. The second kappa shape index (κ2) is 5.63. The van der Waals surface area contributed by atoms with Gasteiger partial charge in [-0.3, -0.25) is 4.79 Å². The minimum absolute atomic E-state index is 0.00736. The van der Waals surface area contributed by atoms with E-state index in [4.69, 9.17) is 9.47 Å². The molecule has 0 atom stereocenters. The Morgan fingerprint density at radius 1 is 1.20 bits per heavy atom. The van der Waals surface area contributed by atoms with Gasteiger partial charge in [0.15, 0.2) is 12.6 Å². The van der Waals surface area contributed by atoms with Crippen molar-refractivity contribution in [3.63, 3.8) is 0 Å². The van der Waals surface area contributed by atoms with Crippen LogP contribution in [0.25, 0.3) is 10.8 Å². The van der Waals surface area contributed by atoms with E-state index in [0.717, 1.165) is 17.4 Å². The second-order valence-electron chi connectivity index (χ2n) is 5.30. The average molecular weight is 270 g/mol. The molecule has 0 N–H and O–H groups in total. The fraction of sp³-hybridized carbons (Fsp3) is 0.353. The lowest BCUT2D eigenvalue weighted by Gasteiger charge is -2.13. The number of rotatable bonds is 6. The van der Waals surface area contributed by atoms with Gasteiger partial charge in [0.2, 0.25) is 0 Å². The van der Waals surface area contributed by atoms with Crippen molar-refractivity contribution >= 4 is 16.6 Å². The topological polar surface area (TPSA) is 35.5 Å². The van der Waals surface area contributed by atoms with Crippen molar-refractivity contribution in [1.82, 2.24) is 0 Å². The van der Waals surface area contributed by atoms with Crippen molar-refractivity contribution in [3.8, 4) is 5.75 Å². The normalized spacial score (nSPS) is 14.4. The third-order valence-corrected chi connectivity index (χ3v) is 3.60. The lowest BCUT2D eigenvalue weighted by molar-refractivity contribution is 0.0105. The fourth-order valence-corrected chi connectivity index (χ4v) is 2.28. The Morgan fingerprint density at radius 3 is 2.75 bits per heavy atom. The Kier molecular flexibility index (Phi) is 3.70. The van der Waals surface area contributed by atoms with E-state index in [1.165, 1.54) is 12.8 Å². The molecule has 1 aliphatic carbocycles. The highest BCUT2D eigenvalue weighted by molar-refractivity contribution is 6.03. The van der Waals surface area contributed by atoms with Crippen LogP contribution in [0.4, 0.5) is 0 Å². The van der Waals surface area contributed by atoms with Crippen LogP contribution in [0.1, 0.15) is 30.1 Å². The molecule has 0 radical (unpaired) electrons. The highest BCUT2D eigenvalue weighted by atomic mass is 16.7. The van der Waals surface area contributed by atoms with Crippen LogP contribution in [-0.2, 0) is 4.74 Å². The molecule has 0 spiro atoms. The molecule has 0 aliphatic heterocycles. The summed E-state index contributed by atoms with van der Waals surface area (Å²) >= 11 is 0. The van der Waals surface area contributed by atoms with Gasteiger partial charge in [0, 0.05) is 5.39 Å². The van der Waals surface area contributed by atoms with Crippen LogP contribution in [-0.4, -0.2) is 19.2 Å². The van der Waals surface area contributed by atoms with Crippen molar-refractivity contribution in [2.75, 3.05) is 13.4 Å². The molecule has 0 heterocycles. The largest absolute Gasteiger partial charge is 0.466 e. The lowest BCUT2D eigenvalue weighted by atomic mass is 10.0. The summed E-state index contributed by atoms with van der Waals surface area (Å²) in [5.41, 5.74) is 0.610. The number of fused-ring (bicyclic) bond motifs is 1. The van der Waals surface area contributed by atoms with Gasteiger partial charge >= 0.3 is 0 Å². The first-order chi connectivity index (χ1) is 9.75. The van der Waals surface area contributed by atoms with Gasteiger partial charge in [0.1, 0.15) is 5.75 Å². The number of ketones is 1. The standard InChI is InChI=1S/C17H18O3/c1-12(18)15-9-8-14-4-2-3-5-16(14)17(15)20-11-19-10-13-6-7-13/h2-5,8-9,13H,6-7,10-11H2,1H3. The summed E-state index contributed by atoms with van der Waals surface area (Å²) in [7, 11) is 0. The molecule has 2 aromatic carbocycles. The minimum atomic E-state index is 0.00736. The molecule has 104 valence electrons. The Labute approximate surface area is 118 Å². The first kappa shape index (κ1) is 13.1. The molecule has 3 nitrogen and oxygen atoms in total. The van der Waals surface area contributed by atoms with E-state index < -0.39 is 0 Å². The van der Waals surface area contributed by atoms with Gasteiger partial charge in [-0.1, -0.05) is 30.3 Å². The van der Waals surface area contributed by atoms with E-state index in [1.807, 2.05) is 36.4 Å². The molecular formula is C17H18O3. The maximum atomic E-state index is 11.7. The summed E-state index contributed by atoms with van der Waals surface area (Å²) in [6, 6.07) is 11.7. The van der Waals surface area contributed by atoms with Gasteiger partial charge in [0.05, 0.1) is 12.2 Å². The van der Waals surface area contributed by atoms with Crippen LogP contribution in [0, 0.1) is 5.92 Å². The van der Waals surface area contributed by atoms with E-state index in [-0.39, 0.29) is 12.6 Å². The Morgan fingerprint density at radius 2 is 2.00 bits per heavy atom. The third-order valence-electron chi connectivity index (χ3n) is 3.60. The van der Waals surface area contributed by atoms with E-state index >= 15 is 0 Å². The van der Waals surface area contributed by atoms with Gasteiger partial charge in [0.25, 0.3) is 0 Å². The number of carbonyl (C=O) groups is 1. The molecule has 3 rings (SSSR count). The summed E-state index contributed by atoms with van der Waals surface area (Å²) in [6.45, 7) is 2.51. The van der Waals surface area contributed by atoms with E-state index in [1.54, 1.807) is 6.92 Å². The Bertz CT molecular complexity index is 629. The number of Topliss-reactive ketones (excluding diaryl/α,β-unsaturated/α-hetero) is 1. The van der Waals surface area contributed by atoms with Gasteiger partial charge in [-0.05, 0) is 37.1 Å². The molecule has 0 unspecified atom stereocenters. The van der Waals surface area contributed by atoms with Crippen LogP contribution < -0.4 is 4.74 Å². The van der Waals surface area contributed by atoms with Gasteiger partial charge in [-0.2, -0.15) is 0 Å². The number of hydrogen-bond acceptors (Lipinski definition) is 3. The van der Waals surface area contributed by atoms with Crippen LogP contribution in [0.5, 0.6) is 5.75 Å². The van der Waals surface area contributed by atoms with Crippen molar-refractivity contribution in [1.29, 1.82) is 0 Å². The quantitative estimate of drug-likeness (QED) is 0.455. The summed E-state index contributed by atoms with van der Waals surface area (Å²) in [5.74, 6) is 1.35. The van der Waals surface area contributed by atoms with E-state index in [2.05, 4.69) is 0 Å². The Balaban J connectivity index is 1.84. The van der Waals surface area contributed by atoms with Crippen LogP contribution >= 0.6 is 0 Å². The fourth-order valence-electron chi connectivity index (χ4n) is 2.28. The van der Waals surface area contributed by atoms with Crippen molar-refractivity contribution in [2.24, 2.45) is 5.92 Å². The number of benzene rings is 2. The molecular weight excluding hydrogens is 252 g/mol. The average Bonchev–Trinajstić information content (AvgIpc) is 3.27. The second-order valence-corrected chi connectivity index (χ2v) is 5.30. The number of carbonyl (C=O) groups excluding carboxylic acids is 1. The van der Waals surface area contributed by atoms with Gasteiger partial charge in [-0.25, -0.2) is 0 Å². The first-order valence-corrected chi connectivity index (χ1v) is 6.99. The minimum Gasteiger partial charge on any atom is -0.466 e. The smallest absolute Gasteiger partial charge is 0.189 e. The molecule has 3 heteroatoms. The van der Waals surface area contributed by atoms with Gasteiger partial charge in [-0.15, -0.1) is 0 Å². The van der Waals surface area contributed by atoms with E-state index in [9.17, 15) is 4.79 Å². The Hall–Kier alpha value is -1.87. The van der Waals surface area contributed by atoms with Crippen LogP contribution in [0.3, 0.4) is 0 Å². The predicted octanol–water partition coefficient (Wildman–Crippen LogP) is 3.81. The lowest BCUT2D eigenvalue weighted by Crippen LogP contribution is -2.08. The van der Waals surface area contributed by atoms with Crippen molar-refractivity contribution < 1.29 is 14.3 Å². The van der Waals surface area contributed by atoms with Gasteiger partial charge < -0.3 is 9.47 Å². The highest BCUT2D eigenvalue weighted by Gasteiger charge is 2.21. The maximum absolute atomic E-state index is 11.7. The predicted molar refractivity (Wildman–Crippen MR) is 78.1 cm³/mol. The molecule has 0 saturated heterocycles. The monoisotopic (exact) mass is 270 g/mol. The van der Waals surface area contributed by atoms with Crippen molar-refractivity contribution in [3.05, 3.63) is 42.0 Å². The summed E-state index contributed by atoms with van der Waals surface area (Å²) in [5, 5.41) is 2.02. The van der Waals surface area contributed by atoms with Crippen LogP contribution in [0.2, 0.25) is 0 Å². The summed E-state index contributed by atoms with van der Waals surface area (Å²) in [4.78, 5) is 11.7. The zero-order valence-corrected chi connectivity index (χ0v) is 11.6. The molecule has 0 aromatic heterocycles. The summed E-state index contributed by atoms with van der Waals surface area (Å²) in [6.07, 6.45) is 2.51. The molecule has 0 amide bonds. The number of hydrogen-bond donors (Lipinski definition) is 0. The SMILES string of the molecule is CC(=O)c1ccc2ccccc2c1OCOCC1CC1. The highest BCUT2D eigenvalue weighted by Crippen LogP contribution is 2.31. The van der Waals surface area contributed by atoms with Crippen molar-refractivity contribution in [2.45, 2.75) is 19.8 Å². The molecule has 20 heavy (non-hydrogen) atoms. The molecule has 1 saturated carbocycles. The third kappa shape index (κ3) is 2.83. The van der Waals surface area contributed by atoms with Crippen LogP contribution in [0.15, 0.2) is 36.4 Å². The molecule has 2 aromatic rings. The molecule has 1 fully saturated rings. The summed E-state index contributed by atoms with van der Waals surface area (Å²) < 4.78 is 11.3. The number of ether oxygens (including phenoxy) is 2.